The van der Waals surface area contributed by atoms with E-state index in [4.69, 9.17) is 0 Å². The second-order valence-corrected chi connectivity index (χ2v) is 2.24. The second-order valence-electron chi connectivity index (χ2n) is 2.24. The first kappa shape index (κ1) is 6.33. The van der Waals surface area contributed by atoms with Crippen molar-refractivity contribution in [2.75, 3.05) is 0 Å². The maximum Gasteiger partial charge on any atom is 0.0489 e. The predicted molar refractivity (Wildman–Crippen MR) is 37.1 cm³/mol. The summed E-state index contributed by atoms with van der Waals surface area (Å²) < 4.78 is 1.75. The van der Waals surface area contributed by atoms with E-state index in [0.29, 0.717) is 0 Å². The Kier molecular flexibility index (Phi) is 2.31. The van der Waals surface area contributed by atoms with Crippen molar-refractivity contribution in [3.63, 3.8) is 0 Å². The lowest BCUT2D eigenvalue weighted by molar-refractivity contribution is 0.768. The molecule has 1 heterocycles. The lowest BCUT2D eigenvalue weighted by atomic mass is 10.8. The molecule has 0 aromatic carbocycles. The molecule has 1 fully saturated rings. The molecule has 2 heteroatoms. The van der Waals surface area contributed by atoms with Crippen molar-refractivity contribution in [3.8, 4) is 0 Å². The summed E-state index contributed by atoms with van der Waals surface area (Å²) >= 11 is 0. The Morgan fingerprint density at radius 2 is 2.00 bits per heavy atom. The van der Waals surface area contributed by atoms with Crippen LogP contribution >= 0.6 is 0 Å². The highest BCUT2D eigenvalue weighted by atomic mass is 15.2. The molecule has 0 spiro atoms. The molecule has 1 aliphatic rings. The highest BCUT2D eigenvalue weighted by Crippen LogP contribution is 2.14. The van der Waals surface area contributed by atoms with Gasteiger partial charge in [-0.15, -0.1) is 0 Å². The first-order valence-corrected chi connectivity index (χ1v) is 3.33. The largest absolute Gasteiger partial charge is 0.276 e. The smallest absolute Gasteiger partial charge is 0.0489 e. The highest BCUT2D eigenvalue weighted by molar-refractivity contribution is 4.75. The van der Waals surface area contributed by atoms with Gasteiger partial charge in [0.2, 0.25) is 0 Å². The molecule has 0 unspecified atom stereocenters. The van der Waals surface area contributed by atoms with Crippen LogP contribution in [-0.4, -0.2) is 9.78 Å². The topological polar surface area (TPSA) is 17.8 Å². The van der Waals surface area contributed by atoms with Gasteiger partial charge < -0.3 is 0 Å². The van der Waals surface area contributed by atoms with E-state index in [2.05, 4.69) is 5.10 Å². The minimum Gasteiger partial charge on any atom is -0.276 e. The zero-order valence-corrected chi connectivity index (χ0v) is 5.75. The van der Waals surface area contributed by atoms with Gasteiger partial charge in [0.25, 0.3) is 0 Å². The number of nitrogens with zero attached hydrogens (tertiary/aromatic N) is 2. The average Bonchev–Trinajstić information content (AvgIpc) is 2.64. The van der Waals surface area contributed by atoms with Crippen molar-refractivity contribution < 1.29 is 0 Å². The zero-order valence-electron chi connectivity index (χ0n) is 5.75. The van der Waals surface area contributed by atoms with E-state index >= 15 is 0 Å². The number of aryl methyl sites for hydroxylation is 1. The SMILES string of the molecule is C1CC1.Cn1cccn1. The van der Waals surface area contributed by atoms with Crippen LogP contribution in [0.15, 0.2) is 18.5 Å². The van der Waals surface area contributed by atoms with Crippen molar-refractivity contribution >= 4 is 0 Å². The van der Waals surface area contributed by atoms with Crippen molar-refractivity contribution in [2.45, 2.75) is 19.3 Å². The lowest BCUT2D eigenvalue weighted by Crippen LogP contribution is -1.83. The van der Waals surface area contributed by atoms with Crippen LogP contribution in [0.1, 0.15) is 19.3 Å². The summed E-state index contributed by atoms with van der Waals surface area (Å²) in [7, 11) is 1.89. The van der Waals surface area contributed by atoms with Gasteiger partial charge in [-0.1, -0.05) is 19.3 Å². The Morgan fingerprint density at radius 1 is 1.33 bits per heavy atom. The molecule has 0 bridgehead atoms. The van der Waals surface area contributed by atoms with Crippen LogP contribution in [0.5, 0.6) is 0 Å². The van der Waals surface area contributed by atoms with E-state index < -0.39 is 0 Å². The van der Waals surface area contributed by atoms with Gasteiger partial charge in [-0.2, -0.15) is 5.10 Å². The molecule has 1 aromatic heterocycles. The van der Waals surface area contributed by atoms with Crippen molar-refractivity contribution in [1.29, 1.82) is 0 Å². The van der Waals surface area contributed by atoms with Crippen LogP contribution in [0, 0.1) is 0 Å². The molecule has 9 heavy (non-hydrogen) atoms. The molecule has 1 aromatic rings. The van der Waals surface area contributed by atoms with Crippen LogP contribution in [0.25, 0.3) is 0 Å². The van der Waals surface area contributed by atoms with Crippen molar-refractivity contribution in [3.05, 3.63) is 18.5 Å². The summed E-state index contributed by atoms with van der Waals surface area (Å²) in [4.78, 5) is 0. The monoisotopic (exact) mass is 124 g/mol. The summed E-state index contributed by atoms with van der Waals surface area (Å²) in [5.74, 6) is 0. The van der Waals surface area contributed by atoms with Gasteiger partial charge in [0.05, 0.1) is 0 Å². The molecule has 0 amide bonds. The second kappa shape index (κ2) is 3.28. The summed E-state index contributed by atoms with van der Waals surface area (Å²) in [5, 5.41) is 3.83. The highest BCUT2D eigenvalue weighted by Gasteiger charge is 1.95. The fourth-order valence-electron chi connectivity index (χ4n) is 0.345. The van der Waals surface area contributed by atoms with Crippen LogP contribution in [0.4, 0.5) is 0 Å². The van der Waals surface area contributed by atoms with Gasteiger partial charge >= 0.3 is 0 Å². The standard InChI is InChI=1S/C4H6N2.C3H6/c1-6-4-2-3-5-6;1-2-3-1/h2-4H,1H3;1-3H2. The quantitative estimate of drug-likeness (QED) is 0.513. The van der Waals surface area contributed by atoms with Crippen molar-refractivity contribution in [1.82, 2.24) is 9.78 Å². The van der Waals surface area contributed by atoms with Crippen molar-refractivity contribution in [2.24, 2.45) is 7.05 Å². The van der Waals surface area contributed by atoms with Crippen LogP contribution in [-0.2, 0) is 7.05 Å². The summed E-state index contributed by atoms with van der Waals surface area (Å²) in [6, 6.07) is 1.89. The molecule has 2 nitrogen and oxygen atoms in total. The zero-order chi connectivity index (χ0) is 6.53. The Morgan fingerprint density at radius 3 is 2.11 bits per heavy atom. The van der Waals surface area contributed by atoms with E-state index in [-0.39, 0.29) is 0 Å². The van der Waals surface area contributed by atoms with Gasteiger partial charge in [-0.05, 0) is 6.07 Å². The minimum absolute atomic E-state index is 1.50. The third-order valence-electron chi connectivity index (χ3n) is 0.990. The minimum atomic E-state index is 1.50. The maximum atomic E-state index is 3.83. The molecule has 1 saturated carbocycles. The molecule has 0 atom stereocenters. The Balaban J connectivity index is 0.000000112. The Labute approximate surface area is 55.5 Å². The van der Waals surface area contributed by atoms with E-state index in [9.17, 15) is 0 Å². The molecule has 50 valence electrons. The third kappa shape index (κ3) is 3.76. The van der Waals surface area contributed by atoms with E-state index in [1.54, 1.807) is 10.9 Å². The first-order chi connectivity index (χ1) is 4.39. The van der Waals surface area contributed by atoms with Gasteiger partial charge in [0, 0.05) is 19.4 Å². The molecule has 0 N–H and O–H groups in total. The van der Waals surface area contributed by atoms with Gasteiger partial charge in [0.15, 0.2) is 0 Å². The number of aromatic nitrogens is 2. The number of hydrogen-bond donors (Lipinski definition) is 0. The van der Waals surface area contributed by atoms with Gasteiger partial charge in [-0.25, -0.2) is 0 Å². The molecule has 2 rings (SSSR count). The van der Waals surface area contributed by atoms with Crippen LogP contribution in [0.2, 0.25) is 0 Å². The Bertz CT molecular complexity index is 139. The average molecular weight is 124 g/mol. The van der Waals surface area contributed by atoms with Gasteiger partial charge in [-0.3, -0.25) is 4.68 Å². The third-order valence-corrected chi connectivity index (χ3v) is 0.990. The van der Waals surface area contributed by atoms with E-state index in [1.165, 1.54) is 19.3 Å². The molecule has 0 radical (unpaired) electrons. The number of hydrogen-bond acceptors (Lipinski definition) is 1. The number of rotatable bonds is 0. The summed E-state index contributed by atoms with van der Waals surface area (Å²) in [6.45, 7) is 0. The molecular formula is C7H12N2. The Hall–Kier alpha value is -0.790. The fourth-order valence-corrected chi connectivity index (χ4v) is 0.345. The molecule has 0 aliphatic heterocycles. The first-order valence-electron chi connectivity index (χ1n) is 3.33. The van der Waals surface area contributed by atoms with E-state index in [0.717, 1.165) is 0 Å². The summed E-state index contributed by atoms with van der Waals surface area (Å²) in [5.41, 5.74) is 0. The molecule has 0 saturated heterocycles. The van der Waals surface area contributed by atoms with Crippen LogP contribution < -0.4 is 0 Å². The van der Waals surface area contributed by atoms with E-state index in [1.807, 2.05) is 19.3 Å². The molecule has 1 aliphatic carbocycles. The normalized spacial score (nSPS) is 13.9. The lowest BCUT2D eigenvalue weighted by Gasteiger charge is -1.77. The molecular weight excluding hydrogens is 112 g/mol. The predicted octanol–water partition coefficient (Wildman–Crippen LogP) is 1.59. The summed E-state index contributed by atoms with van der Waals surface area (Å²) in [6.07, 6.45) is 8.14. The maximum absolute atomic E-state index is 3.83. The van der Waals surface area contributed by atoms with Crippen LogP contribution in [0.3, 0.4) is 0 Å². The van der Waals surface area contributed by atoms with Gasteiger partial charge in [0.1, 0.15) is 0 Å². The fraction of sp³-hybridized carbons (Fsp3) is 0.571.